The number of carbonyl (C=O) groups is 1. The number of rotatable bonds is 3. The lowest BCUT2D eigenvalue weighted by molar-refractivity contribution is 0.0720. The Morgan fingerprint density at radius 3 is 2.78 bits per heavy atom. The third-order valence-corrected chi connectivity index (χ3v) is 7.32. The number of nitrogens with zero attached hydrogens (tertiary/aromatic N) is 3. The van der Waals surface area contributed by atoms with Gasteiger partial charge >= 0.3 is 0 Å². The van der Waals surface area contributed by atoms with Gasteiger partial charge in [0, 0.05) is 48.9 Å². The van der Waals surface area contributed by atoms with Crippen molar-refractivity contribution in [2.24, 2.45) is 0 Å². The summed E-state index contributed by atoms with van der Waals surface area (Å²) in [7, 11) is -3.55. The predicted octanol–water partition coefficient (Wildman–Crippen LogP) is 2.34. The van der Waals surface area contributed by atoms with E-state index in [9.17, 15) is 13.2 Å². The van der Waals surface area contributed by atoms with Gasteiger partial charge in [-0.3, -0.25) is 9.89 Å². The van der Waals surface area contributed by atoms with E-state index >= 15 is 0 Å². The summed E-state index contributed by atoms with van der Waals surface area (Å²) >= 11 is 0. The maximum absolute atomic E-state index is 13.0. The van der Waals surface area contributed by atoms with E-state index in [2.05, 4.69) is 10.2 Å². The highest BCUT2D eigenvalue weighted by molar-refractivity contribution is 7.89. The van der Waals surface area contributed by atoms with Gasteiger partial charge in [0.2, 0.25) is 10.0 Å². The number of hydrogen-bond acceptors (Lipinski definition) is 4. The molecule has 2 aromatic rings. The molecule has 1 fully saturated rings. The Kier molecular flexibility index (Phi) is 4.77. The van der Waals surface area contributed by atoms with Crippen LogP contribution in [0.4, 0.5) is 0 Å². The van der Waals surface area contributed by atoms with E-state index in [4.69, 9.17) is 0 Å². The van der Waals surface area contributed by atoms with Crippen LogP contribution in [-0.4, -0.2) is 53.4 Å². The van der Waals surface area contributed by atoms with Gasteiger partial charge in [-0.1, -0.05) is 19.4 Å². The molecule has 4 rings (SSSR count). The molecular weight excluding hydrogens is 364 g/mol. The molecule has 1 aromatic carbocycles. The van der Waals surface area contributed by atoms with Crippen molar-refractivity contribution in [2.75, 3.05) is 19.6 Å². The van der Waals surface area contributed by atoms with Crippen molar-refractivity contribution < 1.29 is 13.2 Å². The second-order valence-electron chi connectivity index (χ2n) is 7.39. The van der Waals surface area contributed by atoms with Gasteiger partial charge in [-0.2, -0.15) is 9.40 Å². The molecular formula is C19H24N4O3S. The number of sulfonamides is 1. The Morgan fingerprint density at radius 1 is 1.22 bits per heavy atom. The number of piperidine rings is 1. The molecule has 0 bridgehead atoms. The zero-order valence-corrected chi connectivity index (χ0v) is 16.2. The Labute approximate surface area is 159 Å². The molecule has 1 atom stereocenters. The molecule has 1 saturated heterocycles. The summed E-state index contributed by atoms with van der Waals surface area (Å²) in [6, 6.07) is 6.43. The van der Waals surface area contributed by atoms with Gasteiger partial charge in [0.05, 0.1) is 11.1 Å². The molecule has 0 radical (unpaired) electrons. The fourth-order valence-electron chi connectivity index (χ4n) is 3.95. The normalized spacial score (nSPS) is 21.1. The fraction of sp³-hybridized carbons (Fsp3) is 0.474. The highest BCUT2D eigenvalue weighted by atomic mass is 32.2. The van der Waals surface area contributed by atoms with Gasteiger partial charge in [0.1, 0.15) is 0 Å². The number of hydrogen-bond donors (Lipinski definition) is 1. The first-order valence-electron chi connectivity index (χ1n) is 9.38. The fourth-order valence-corrected chi connectivity index (χ4v) is 5.51. The third kappa shape index (κ3) is 3.39. The molecule has 8 heteroatoms. The third-order valence-electron chi connectivity index (χ3n) is 5.42. The quantitative estimate of drug-likeness (QED) is 0.874. The number of nitrogens with one attached hydrogen (secondary N) is 1. The molecule has 0 spiro atoms. The second kappa shape index (κ2) is 7.09. The van der Waals surface area contributed by atoms with Crippen LogP contribution in [0.5, 0.6) is 0 Å². The Hall–Kier alpha value is -2.19. The lowest BCUT2D eigenvalue weighted by Gasteiger charge is -2.31. The molecule has 1 unspecified atom stereocenters. The summed E-state index contributed by atoms with van der Waals surface area (Å²) in [4.78, 5) is 15.0. The molecule has 1 aromatic heterocycles. The molecule has 2 aliphatic heterocycles. The molecule has 7 nitrogen and oxygen atoms in total. The Bertz CT molecular complexity index is 947. The van der Waals surface area contributed by atoms with E-state index in [1.54, 1.807) is 29.3 Å². The Morgan fingerprint density at radius 2 is 2.00 bits per heavy atom. The van der Waals surface area contributed by atoms with Gasteiger partial charge in [-0.05, 0) is 31.0 Å². The summed E-state index contributed by atoms with van der Waals surface area (Å²) in [6.07, 6.45) is 4.59. The number of fused-ring (bicyclic) bond motifs is 1. The lowest BCUT2D eigenvalue weighted by atomic mass is 9.98. The maximum Gasteiger partial charge on any atom is 0.254 e. The first-order valence-corrected chi connectivity index (χ1v) is 10.8. The van der Waals surface area contributed by atoms with Crippen LogP contribution in [-0.2, 0) is 16.6 Å². The van der Waals surface area contributed by atoms with Gasteiger partial charge in [-0.25, -0.2) is 8.42 Å². The van der Waals surface area contributed by atoms with Crippen molar-refractivity contribution in [3.8, 4) is 0 Å². The van der Waals surface area contributed by atoms with Crippen LogP contribution < -0.4 is 0 Å². The number of aromatic nitrogens is 2. The van der Waals surface area contributed by atoms with E-state index in [-0.39, 0.29) is 16.7 Å². The number of benzene rings is 1. The molecule has 2 aliphatic rings. The van der Waals surface area contributed by atoms with Crippen molar-refractivity contribution in [1.29, 1.82) is 0 Å². The van der Waals surface area contributed by atoms with Gasteiger partial charge < -0.3 is 4.90 Å². The number of aromatic amines is 1. The van der Waals surface area contributed by atoms with Crippen LogP contribution in [0, 0.1) is 0 Å². The van der Waals surface area contributed by atoms with Crippen molar-refractivity contribution in [1.82, 2.24) is 19.4 Å². The molecule has 1 amide bonds. The van der Waals surface area contributed by atoms with Crippen LogP contribution in [0.25, 0.3) is 0 Å². The molecule has 27 heavy (non-hydrogen) atoms. The minimum Gasteiger partial charge on any atom is -0.334 e. The summed E-state index contributed by atoms with van der Waals surface area (Å²) in [5.74, 6) is 0.0184. The Balaban J connectivity index is 1.58. The van der Waals surface area contributed by atoms with E-state index < -0.39 is 10.0 Å². The van der Waals surface area contributed by atoms with E-state index in [1.165, 1.54) is 10.4 Å². The molecule has 0 aliphatic carbocycles. The maximum atomic E-state index is 13.0. The van der Waals surface area contributed by atoms with Crippen molar-refractivity contribution >= 4 is 15.9 Å². The SMILES string of the molecule is CC1CN(C(=O)c2cccc(S(=O)(=O)N3CCCCC3)c2)Cc2cn[nH]c21. The van der Waals surface area contributed by atoms with Crippen LogP contribution in [0.15, 0.2) is 35.4 Å². The smallest absolute Gasteiger partial charge is 0.254 e. The zero-order valence-electron chi connectivity index (χ0n) is 15.4. The highest BCUT2D eigenvalue weighted by Crippen LogP contribution is 2.28. The zero-order chi connectivity index (χ0) is 19.0. The van der Waals surface area contributed by atoms with E-state index in [0.717, 1.165) is 30.5 Å². The predicted molar refractivity (Wildman–Crippen MR) is 101 cm³/mol. The average molecular weight is 388 g/mol. The average Bonchev–Trinajstić information content (AvgIpc) is 3.17. The molecule has 3 heterocycles. The lowest BCUT2D eigenvalue weighted by Crippen LogP contribution is -2.38. The van der Waals surface area contributed by atoms with Gasteiger partial charge in [0.15, 0.2) is 0 Å². The van der Waals surface area contributed by atoms with Crippen molar-refractivity contribution in [3.63, 3.8) is 0 Å². The van der Waals surface area contributed by atoms with Gasteiger partial charge in [-0.15, -0.1) is 0 Å². The largest absolute Gasteiger partial charge is 0.334 e. The van der Waals surface area contributed by atoms with Crippen LogP contribution in [0.2, 0.25) is 0 Å². The van der Waals surface area contributed by atoms with E-state index in [0.29, 0.717) is 31.7 Å². The highest BCUT2D eigenvalue weighted by Gasteiger charge is 2.30. The standard InChI is InChI=1S/C19H24N4O3S/c1-14-12-22(13-16-11-20-21-18(14)16)19(24)15-6-5-7-17(10-15)27(25,26)23-8-3-2-4-9-23/h5-7,10-11,14H,2-4,8-9,12-13H2,1H3,(H,20,21). The summed E-state index contributed by atoms with van der Waals surface area (Å²) in [5, 5.41) is 7.07. The first-order chi connectivity index (χ1) is 13.0. The van der Waals surface area contributed by atoms with E-state index in [1.807, 2.05) is 6.92 Å². The summed E-state index contributed by atoms with van der Waals surface area (Å²) in [6.45, 7) is 4.21. The minimum absolute atomic E-state index is 0.149. The molecule has 0 saturated carbocycles. The van der Waals surface area contributed by atoms with Crippen LogP contribution >= 0.6 is 0 Å². The first kappa shape index (κ1) is 18.2. The summed E-state index contributed by atoms with van der Waals surface area (Å²) < 4.78 is 27.3. The number of carbonyl (C=O) groups excluding carboxylic acids is 1. The minimum atomic E-state index is -3.55. The molecule has 144 valence electrons. The van der Waals surface area contributed by atoms with Crippen molar-refractivity contribution in [2.45, 2.75) is 43.5 Å². The number of H-pyrrole nitrogens is 1. The molecule has 1 N–H and O–H groups in total. The monoisotopic (exact) mass is 388 g/mol. The van der Waals surface area contributed by atoms with Gasteiger partial charge in [0.25, 0.3) is 5.91 Å². The number of amides is 1. The van der Waals surface area contributed by atoms with Crippen LogP contribution in [0.1, 0.15) is 53.7 Å². The summed E-state index contributed by atoms with van der Waals surface area (Å²) in [5.41, 5.74) is 2.49. The van der Waals surface area contributed by atoms with Crippen LogP contribution in [0.3, 0.4) is 0 Å². The topological polar surface area (TPSA) is 86.4 Å². The second-order valence-corrected chi connectivity index (χ2v) is 9.33. The van der Waals surface area contributed by atoms with Crippen molar-refractivity contribution in [3.05, 3.63) is 47.3 Å².